The van der Waals surface area contributed by atoms with Crippen LogP contribution < -0.4 is 0 Å². The minimum absolute atomic E-state index is 0.107. The van der Waals surface area contributed by atoms with Crippen LogP contribution in [0.4, 0.5) is 4.39 Å². The highest BCUT2D eigenvalue weighted by Crippen LogP contribution is 2.35. The molecule has 0 N–H and O–H groups in total. The summed E-state index contributed by atoms with van der Waals surface area (Å²) in [6.45, 7) is 0.988. The molecule has 15 heavy (non-hydrogen) atoms. The smallest absolute Gasteiger partial charge is 0.123 e. The van der Waals surface area contributed by atoms with E-state index in [9.17, 15) is 4.39 Å². The predicted molar refractivity (Wildman–Crippen MR) is 59.0 cm³/mol. The Labute approximate surface area is 89.0 Å². The number of halogens is 1. The zero-order valence-electron chi connectivity index (χ0n) is 8.67. The lowest BCUT2D eigenvalue weighted by atomic mass is 9.78. The third-order valence-electron chi connectivity index (χ3n) is 3.50. The zero-order valence-corrected chi connectivity index (χ0v) is 8.67. The maximum Gasteiger partial charge on any atom is 0.123 e. The van der Waals surface area contributed by atoms with Crippen molar-refractivity contribution >= 4 is 5.71 Å². The van der Waals surface area contributed by atoms with E-state index in [1.165, 1.54) is 29.7 Å². The Morgan fingerprint density at radius 3 is 3.13 bits per heavy atom. The van der Waals surface area contributed by atoms with Crippen LogP contribution in [0.5, 0.6) is 0 Å². The van der Waals surface area contributed by atoms with E-state index in [0.717, 1.165) is 19.4 Å². The average molecular weight is 203 g/mol. The number of aryl methyl sites for hydroxylation is 1. The molecule has 0 spiro atoms. The van der Waals surface area contributed by atoms with Gasteiger partial charge in [-0.2, -0.15) is 0 Å². The number of aliphatic imine (C=N–C) groups is 1. The maximum atomic E-state index is 13.1. The van der Waals surface area contributed by atoms with E-state index in [2.05, 4.69) is 4.99 Å². The van der Waals surface area contributed by atoms with Gasteiger partial charge >= 0.3 is 0 Å². The first kappa shape index (κ1) is 9.08. The summed E-state index contributed by atoms with van der Waals surface area (Å²) in [5, 5.41) is 0. The molecule has 2 heteroatoms. The van der Waals surface area contributed by atoms with Crippen LogP contribution in [0, 0.1) is 5.82 Å². The van der Waals surface area contributed by atoms with Gasteiger partial charge in [-0.1, -0.05) is 6.07 Å². The molecule has 1 aliphatic carbocycles. The predicted octanol–water partition coefficient (Wildman–Crippen LogP) is 3.09. The third kappa shape index (κ3) is 1.48. The van der Waals surface area contributed by atoms with Crippen molar-refractivity contribution in [3.05, 3.63) is 35.1 Å². The molecule has 0 aromatic heterocycles. The number of fused-ring (bicyclic) bond motifs is 3. The number of benzene rings is 1. The molecule has 1 unspecified atom stereocenters. The molecule has 2 aliphatic rings. The Morgan fingerprint density at radius 2 is 2.20 bits per heavy atom. The summed E-state index contributed by atoms with van der Waals surface area (Å²) in [6.07, 6.45) is 4.35. The zero-order chi connectivity index (χ0) is 10.3. The van der Waals surface area contributed by atoms with Gasteiger partial charge in [-0.25, -0.2) is 4.39 Å². The Kier molecular flexibility index (Phi) is 2.08. The standard InChI is InChI=1S/C13H14FN/c14-10-4-5-11-9(8-10)3-6-13-12(11)2-1-7-15-13/h4-5,8,12H,1-3,6-7H2. The van der Waals surface area contributed by atoms with Gasteiger partial charge in [0.15, 0.2) is 0 Å². The highest BCUT2D eigenvalue weighted by molar-refractivity contribution is 5.93. The Bertz CT molecular complexity index is 423. The molecular weight excluding hydrogens is 189 g/mol. The first-order valence-electron chi connectivity index (χ1n) is 5.66. The molecule has 0 bridgehead atoms. The number of nitrogens with zero attached hydrogens (tertiary/aromatic N) is 1. The second kappa shape index (κ2) is 3.44. The van der Waals surface area contributed by atoms with E-state index >= 15 is 0 Å². The van der Waals surface area contributed by atoms with Gasteiger partial charge in [0.1, 0.15) is 5.82 Å². The molecule has 78 valence electrons. The topological polar surface area (TPSA) is 12.4 Å². The summed E-state index contributed by atoms with van der Waals surface area (Å²) in [4.78, 5) is 4.60. The lowest BCUT2D eigenvalue weighted by Crippen LogP contribution is -2.24. The first-order valence-corrected chi connectivity index (χ1v) is 5.66. The van der Waals surface area contributed by atoms with Crippen molar-refractivity contribution in [2.24, 2.45) is 4.99 Å². The highest BCUT2D eigenvalue weighted by Gasteiger charge is 2.27. The van der Waals surface area contributed by atoms with E-state index in [1.54, 1.807) is 12.1 Å². The minimum Gasteiger partial charge on any atom is -0.293 e. The van der Waals surface area contributed by atoms with Crippen LogP contribution in [0.2, 0.25) is 0 Å². The van der Waals surface area contributed by atoms with Crippen LogP contribution in [-0.4, -0.2) is 12.3 Å². The molecule has 0 amide bonds. The highest BCUT2D eigenvalue weighted by atomic mass is 19.1. The molecule has 1 aromatic rings. The van der Waals surface area contributed by atoms with Gasteiger partial charge in [-0.05, 0) is 48.9 Å². The normalized spacial score (nSPS) is 24.1. The van der Waals surface area contributed by atoms with E-state index in [-0.39, 0.29) is 5.82 Å². The lowest BCUT2D eigenvalue weighted by Gasteiger charge is -2.30. The summed E-state index contributed by atoms with van der Waals surface area (Å²) in [5.74, 6) is 0.382. The third-order valence-corrected chi connectivity index (χ3v) is 3.50. The second-order valence-electron chi connectivity index (χ2n) is 4.41. The van der Waals surface area contributed by atoms with E-state index in [0.29, 0.717) is 5.92 Å². The van der Waals surface area contributed by atoms with Gasteiger partial charge in [0, 0.05) is 18.2 Å². The van der Waals surface area contributed by atoms with Crippen LogP contribution in [-0.2, 0) is 6.42 Å². The van der Waals surface area contributed by atoms with Crippen molar-refractivity contribution in [1.82, 2.24) is 0 Å². The Balaban J connectivity index is 2.08. The van der Waals surface area contributed by atoms with Gasteiger partial charge in [0.25, 0.3) is 0 Å². The fourth-order valence-corrected chi connectivity index (χ4v) is 2.78. The first-order chi connectivity index (χ1) is 7.34. The van der Waals surface area contributed by atoms with Crippen LogP contribution >= 0.6 is 0 Å². The van der Waals surface area contributed by atoms with Crippen LogP contribution in [0.15, 0.2) is 23.2 Å². The summed E-state index contributed by atoms with van der Waals surface area (Å²) in [7, 11) is 0. The molecule has 1 heterocycles. The lowest BCUT2D eigenvalue weighted by molar-refractivity contribution is 0.610. The quantitative estimate of drug-likeness (QED) is 0.614. The largest absolute Gasteiger partial charge is 0.293 e. The average Bonchev–Trinajstić information content (AvgIpc) is 2.28. The summed E-state index contributed by atoms with van der Waals surface area (Å²) in [5.41, 5.74) is 3.86. The van der Waals surface area contributed by atoms with Crippen molar-refractivity contribution in [1.29, 1.82) is 0 Å². The van der Waals surface area contributed by atoms with Crippen molar-refractivity contribution in [2.75, 3.05) is 6.54 Å². The van der Waals surface area contributed by atoms with E-state index in [4.69, 9.17) is 0 Å². The summed E-state index contributed by atoms with van der Waals surface area (Å²) in [6, 6.07) is 5.23. The molecule has 1 aliphatic heterocycles. The van der Waals surface area contributed by atoms with Crippen LogP contribution in [0.3, 0.4) is 0 Å². The van der Waals surface area contributed by atoms with Crippen LogP contribution in [0.25, 0.3) is 0 Å². The molecule has 3 rings (SSSR count). The Morgan fingerprint density at radius 1 is 1.27 bits per heavy atom. The summed E-state index contributed by atoms with van der Waals surface area (Å²) >= 11 is 0. The molecule has 1 atom stereocenters. The molecule has 0 saturated heterocycles. The van der Waals surface area contributed by atoms with Crippen molar-refractivity contribution in [3.63, 3.8) is 0 Å². The van der Waals surface area contributed by atoms with Gasteiger partial charge in [0.05, 0.1) is 0 Å². The Hall–Kier alpha value is -1.18. The molecule has 1 aromatic carbocycles. The SMILES string of the molecule is Fc1ccc2c(c1)CCC1=NCCCC12. The number of hydrogen-bond acceptors (Lipinski definition) is 1. The van der Waals surface area contributed by atoms with Crippen molar-refractivity contribution in [3.8, 4) is 0 Å². The molecule has 0 fully saturated rings. The van der Waals surface area contributed by atoms with E-state index in [1.807, 2.05) is 6.07 Å². The van der Waals surface area contributed by atoms with Gasteiger partial charge < -0.3 is 0 Å². The van der Waals surface area contributed by atoms with Crippen molar-refractivity contribution < 1.29 is 4.39 Å². The molecule has 1 nitrogen and oxygen atoms in total. The fraction of sp³-hybridized carbons (Fsp3) is 0.462. The maximum absolute atomic E-state index is 13.1. The van der Waals surface area contributed by atoms with Gasteiger partial charge in [-0.3, -0.25) is 4.99 Å². The van der Waals surface area contributed by atoms with Crippen molar-refractivity contribution in [2.45, 2.75) is 31.6 Å². The van der Waals surface area contributed by atoms with Crippen LogP contribution in [0.1, 0.15) is 36.3 Å². The number of hydrogen-bond donors (Lipinski definition) is 0. The molecular formula is C13H14FN. The number of rotatable bonds is 0. The summed E-state index contributed by atoms with van der Waals surface area (Å²) < 4.78 is 13.1. The monoisotopic (exact) mass is 203 g/mol. The molecule has 0 saturated carbocycles. The van der Waals surface area contributed by atoms with Gasteiger partial charge in [0.2, 0.25) is 0 Å². The van der Waals surface area contributed by atoms with Gasteiger partial charge in [-0.15, -0.1) is 0 Å². The minimum atomic E-state index is -0.107. The fourth-order valence-electron chi connectivity index (χ4n) is 2.78. The second-order valence-corrected chi connectivity index (χ2v) is 4.41. The molecule has 0 radical (unpaired) electrons. The van der Waals surface area contributed by atoms with E-state index < -0.39 is 0 Å².